The van der Waals surface area contributed by atoms with Crippen molar-refractivity contribution in [1.82, 2.24) is 5.32 Å². The summed E-state index contributed by atoms with van der Waals surface area (Å²) in [5.41, 5.74) is 5.46. The first-order chi connectivity index (χ1) is 8.58. The molecule has 1 amide bonds. The maximum Gasteiger partial charge on any atom is 0.326 e. The number of hydrogen-bond acceptors (Lipinski definition) is 5. The largest absolute Gasteiger partial charge is 0.480 e. The van der Waals surface area contributed by atoms with Crippen LogP contribution in [0.25, 0.3) is 0 Å². The Hall–Kier alpha value is -0.790. The molecule has 2 unspecified atom stereocenters. The second kappa shape index (κ2) is 7.60. The molecule has 7 heteroatoms. The summed E-state index contributed by atoms with van der Waals surface area (Å²) in [6.07, 6.45) is 3.01. The van der Waals surface area contributed by atoms with E-state index in [1.165, 1.54) is 0 Å². The highest BCUT2D eigenvalue weighted by Crippen LogP contribution is 2.19. The molecule has 18 heavy (non-hydrogen) atoms. The van der Waals surface area contributed by atoms with Crippen molar-refractivity contribution in [3.8, 4) is 0 Å². The van der Waals surface area contributed by atoms with Gasteiger partial charge in [-0.2, -0.15) is 11.8 Å². The van der Waals surface area contributed by atoms with Crippen LogP contribution in [0.4, 0.5) is 0 Å². The van der Waals surface area contributed by atoms with Crippen molar-refractivity contribution >= 4 is 23.6 Å². The van der Waals surface area contributed by atoms with E-state index in [4.69, 9.17) is 15.6 Å². The third-order valence-electron chi connectivity index (χ3n) is 2.89. The van der Waals surface area contributed by atoms with Gasteiger partial charge in [-0.25, -0.2) is 4.79 Å². The predicted octanol–water partition coefficient (Wildman–Crippen LogP) is -0.185. The topological polar surface area (TPSA) is 102 Å². The summed E-state index contributed by atoms with van der Waals surface area (Å²) in [5.74, 6) is -0.668. The SMILES string of the molecule is CSCC[C@@H](NC(=O)C1CCC(CN)O1)C(=O)O. The highest BCUT2D eigenvalue weighted by Gasteiger charge is 2.32. The number of amides is 1. The number of nitrogens with two attached hydrogens (primary N) is 1. The standard InChI is InChI=1S/C11H20N2O4S/c1-18-5-4-8(11(15)16)13-10(14)9-3-2-7(6-12)17-9/h7-9H,2-6,12H2,1H3,(H,13,14)(H,15,16)/t7?,8-,9?/m1/s1. The van der Waals surface area contributed by atoms with Crippen molar-refractivity contribution < 1.29 is 19.4 Å². The molecule has 6 nitrogen and oxygen atoms in total. The van der Waals surface area contributed by atoms with Crippen LogP contribution in [0.3, 0.4) is 0 Å². The fraction of sp³-hybridized carbons (Fsp3) is 0.818. The van der Waals surface area contributed by atoms with Gasteiger partial charge in [-0.15, -0.1) is 0 Å². The summed E-state index contributed by atoms with van der Waals surface area (Å²) < 4.78 is 5.42. The summed E-state index contributed by atoms with van der Waals surface area (Å²) in [6.45, 7) is 0.388. The molecule has 1 saturated heterocycles. The molecule has 0 aromatic rings. The monoisotopic (exact) mass is 276 g/mol. The summed E-state index contributed by atoms with van der Waals surface area (Å²) in [5, 5.41) is 11.5. The van der Waals surface area contributed by atoms with Crippen LogP contribution in [0.5, 0.6) is 0 Å². The van der Waals surface area contributed by atoms with Crippen molar-refractivity contribution in [3.63, 3.8) is 0 Å². The quantitative estimate of drug-likeness (QED) is 0.596. The summed E-state index contributed by atoms with van der Waals surface area (Å²) in [4.78, 5) is 22.8. The van der Waals surface area contributed by atoms with Crippen LogP contribution in [-0.4, -0.2) is 53.8 Å². The van der Waals surface area contributed by atoms with Crippen LogP contribution in [0.2, 0.25) is 0 Å². The lowest BCUT2D eigenvalue weighted by Gasteiger charge is -2.17. The fourth-order valence-corrected chi connectivity index (χ4v) is 2.30. The number of carbonyl (C=O) groups is 2. The lowest BCUT2D eigenvalue weighted by Crippen LogP contribution is -2.46. The Morgan fingerprint density at radius 3 is 2.78 bits per heavy atom. The van der Waals surface area contributed by atoms with E-state index in [9.17, 15) is 9.59 Å². The fourth-order valence-electron chi connectivity index (χ4n) is 1.83. The second-order valence-corrected chi connectivity index (χ2v) is 5.23. The highest BCUT2D eigenvalue weighted by atomic mass is 32.2. The molecule has 4 N–H and O–H groups in total. The van der Waals surface area contributed by atoms with E-state index >= 15 is 0 Å². The number of carbonyl (C=O) groups excluding carboxylic acids is 1. The van der Waals surface area contributed by atoms with Gasteiger partial charge in [0, 0.05) is 6.54 Å². The van der Waals surface area contributed by atoms with E-state index in [-0.39, 0.29) is 12.0 Å². The second-order valence-electron chi connectivity index (χ2n) is 4.24. The number of ether oxygens (including phenoxy) is 1. The lowest BCUT2D eigenvalue weighted by atomic mass is 10.1. The van der Waals surface area contributed by atoms with Crippen LogP contribution >= 0.6 is 11.8 Å². The van der Waals surface area contributed by atoms with E-state index in [2.05, 4.69) is 5.32 Å². The van der Waals surface area contributed by atoms with Gasteiger partial charge in [-0.3, -0.25) is 4.79 Å². The van der Waals surface area contributed by atoms with E-state index < -0.39 is 18.1 Å². The van der Waals surface area contributed by atoms with Gasteiger partial charge in [0.05, 0.1) is 6.10 Å². The molecule has 104 valence electrons. The molecule has 0 aliphatic carbocycles. The first kappa shape index (κ1) is 15.3. The minimum Gasteiger partial charge on any atom is -0.480 e. The molecule has 1 heterocycles. The Labute approximate surface area is 111 Å². The Kier molecular flexibility index (Phi) is 6.45. The van der Waals surface area contributed by atoms with Crippen LogP contribution in [0.15, 0.2) is 0 Å². The number of thioether (sulfide) groups is 1. The van der Waals surface area contributed by atoms with E-state index in [0.29, 0.717) is 25.1 Å². The average Bonchev–Trinajstić information content (AvgIpc) is 2.82. The van der Waals surface area contributed by atoms with Crippen molar-refractivity contribution in [1.29, 1.82) is 0 Å². The molecule has 1 rings (SSSR count). The van der Waals surface area contributed by atoms with E-state index in [1.54, 1.807) is 11.8 Å². The maximum absolute atomic E-state index is 11.8. The molecule has 1 aliphatic heterocycles. The van der Waals surface area contributed by atoms with Gasteiger partial charge < -0.3 is 20.9 Å². The van der Waals surface area contributed by atoms with Gasteiger partial charge in [-0.1, -0.05) is 0 Å². The molecule has 0 spiro atoms. The zero-order valence-corrected chi connectivity index (χ0v) is 11.2. The normalized spacial score (nSPS) is 24.8. The van der Waals surface area contributed by atoms with Gasteiger partial charge in [0.2, 0.25) is 5.91 Å². The zero-order valence-electron chi connectivity index (χ0n) is 10.4. The molecule has 1 aliphatic rings. The maximum atomic E-state index is 11.8. The molecule has 0 aromatic heterocycles. The first-order valence-electron chi connectivity index (χ1n) is 5.96. The summed E-state index contributed by atoms with van der Waals surface area (Å²) in [6, 6.07) is -0.842. The van der Waals surface area contributed by atoms with Gasteiger partial charge in [-0.05, 0) is 31.3 Å². The third kappa shape index (κ3) is 4.47. The van der Waals surface area contributed by atoms with Gasteiger partial charge in [0.15, 0.2) is 0 Å². The third-order valence-corrected chi connectivity index (χ3v) is 3.53. The molecule has 0 radical (unpaired) electrons. The van der Waals surface area contributed by atoms with Crippen molar-refractivity contribution in [3.05, 3.63) is 0 Å². The predicted molar refractivity (Wildman–Crippen MR) is 69.5 cm³/mol. The smallest absolute Gasteiger partial charge is 0.326 e. The number of aliphatic carboxylic acids is 1. The first-order valence-corrected chi connectivity index (χ1v) is 7.35. The molecular weight excluding hydrogens is 256 g/mol. The van der Waals surface area contributed by atoms with Crippen molar-refractivity contribution in [2.24, 2.45) is 5.73 Å². The molecular formula is C11H20N2O4S. The average molecular weight is 276 g/mol. The summed E-state index contributed by atoms with van der Waals surface area (Å²) >= 11 is 1.55. The molecule has 0 aromatic carbocycles. The van der Waals surface area contributed by atoms with Crippen LogP contribution in [0, 0.1) is 0 Å². The number of carboxylic acids is 1. The molecule has 1 fully saturated rings. The Morgan fingerprint density at radius 1 is 1.56 bits per heavy atom. The minimum atomic E-state index is -1.01. The Balaban J connectivity index is 2.43. The summed E-state index contributed by atoms with van der Waals surface area (Å²) in [7, 11) is 0. The van der Waals surface area contributed by atoms with Gasteiger partial charge in [0.25, 0.3) is 0 Å². The molecule has 3 atom stereocenters. The van der Waals surface area contributed by atoms with Crippen LogP contribution < -0.4 is 11.1 Å². The molecule has 0 bridgehead atoms. The van der Waals surface area contributed by atoms with E-state index in [0.717, 1.165) is 6.42 Å². The Bertz CT molecular complexity index is 301. The van der Waals surface area contributed by atoms with Crippen LogP contribution in [-0.2, 0) is 14.3 Å². The number of carboxylic acid groups (broad SMARTS) is 1. The van der Waals surface area contributed by atoms with E-state index in [1.807, 2.05) is 6.26 Å². The van der Waals surface area contributed by atoms with Gasteiger partial charge in [0.1, 0.15) is 12.1 Å². The van der Waals surface area contributed by atoms with Crippen LogP contribution in [0.1, 0.15) is 19.3 Å². The van der Waals surface area contributed by atoms with Crippen molar-refractivity contribution in [2.45, 2.75) is 37.5 Å². The highest BCUT2D eigenvalue weighted by molar-refractivity contribution is 7.98. The number of hydrogen-bond donors (Lipinski definition) is 3. The number of nitrogens with one attached hydrogen (secondary N) is 1. The Morgan fingerprint density at radius 2 is 2.28 bits per heavy atom. The minimum absolute atomic E-state index is 0.0878. The molecule has 0 saturated carbocycles. The van der Waals surface area contributed by atoms with Gasteiger partial charge >= 0.3 is 5.97 Å². The number of rotatable bonds is 7. The van der Waals surface area contributed by atoms with Crippen molar-refractivity contribution in [2.75, 3.05) is 18.6 Å². The lowest BCUT2D eigenvalue weighted by molar-refractivity contribution is -0.144. The zero-order chi connectivity index (χ0) is 13.5.